The quantitative estimate of drug-likeness (QED) is 0.757. The molecule has 1 aromatic heterocycles. The first-order chi connectivity index (χ1) is 11.7. The third-order valence-corrected chi connectivity index (χ3v) is 3.67. The molecule has 0 atom stereocenters. The van der Waals surface area contributed by atoms with Gasteiger partial charge in [0.2, 0.25) is 5.89 Å². The van der Waals surface area contributed by atoms with Gasteiger partial charge in [0.1, 0.15) is 0 Å². The average Bonchev–Trinajstić information content (AvgIpc) is 3.07. The average molecular weight is 321 g/mol. The Hall–Kier alpha value is -2.95. The summed E-state index contributed by atoms with van der Waals surface area (Å²) in [5.41, 5.74) is 2.90. The van der Waals surface area contributed by atoms with Crippen molar-refractivity contribution in [3.63, 3.8) is 0 Å². The van der Waals surface area contributed by atoms with Crippen molar-refractivity contribution in [1.82, 2.24) is 15.5 Å². The lowest BCUT2D eigenvalue weighted by Crippen LogP contribution is -2.23. The highest BCUT2D eigenvalue weighted by molar-refractivity contribution is 5.94. The van der Waals surface area contributed by atoms with Crippen LogP contribution in [0.4, 0.5) is 0 Å². The molecule has 0 fully saturated rings. The van der Waals surface area contributed by atoms with Crippen molar-refractivity contribution in [2.75, 3.05) is 0 Å². The number of amides is 1. The fourth-order valence-electron chi connectivity index (χ4n) is 2.41. The molecule has 122 valence electrons. The van der Waals surface area contributed by atoms with Crippen LogP contribution in [0.3, 0.4) is 0 Å². The first kappa shape index (κ1) is 15.9. The van der Waals surface area contributed by atoms with E-state index in [4.69, 9.17) is 4.52 Å². The number of benzene rings is 2. The third kappa shape index (κ3) is 4.29. The lowest BCUT2D eigenvalue weighted by Gasteiger charge is -2.03. The van der Waals surface area contributed by atoms with Crippen LogP contribution in [0.2, 0.25) is 0 Å². The van der Waals surface area contributed by atoms with Crippen LogP contribution in [0, 0.1) is 6.92 Å². The fourth-order valence-corrected chi connectivity index (χ4v) is 2.41. The van der Waals surface area contributed by atoms with Gasteiger partial charge in [-0.3, -0.25) is 4.79 Å². The van der Waals surface area contributed by atoms with E-state index in [1.165, 1.54) is 5.56 Å². The van der Waals surface area contributed by atoms with Crippen LogP contribution in [0.15, 0.2) is 59.1 Å². The second-order valence-electron chi connectivity index (χ2n) is 5.64. The van der Waals surface area contributed by atoms with E-state index < -0.39 is 0 Å². The number of hydrogen-bond acceptors (Lipinski definition) is 4. The zero-order valence-electron chi connectivity index (χ0n) is 13.5. The van der Waals surface area contributed by atoms with Crippen LogP contribution in [-0.2, 0) is 19.4 Å². The number of nitrogens with zero attached hydrogens (tertiary/aromatic N) is 2. The maximum absolute atomic E-state index is 12.1. The summed E-state index contributed by atoms with van der Waals surface area (Å²) in [5, 5.41) is 6.72. The Balaban J connectivity index is 1.51. The van der Waals surface area contributed by atoms with E-state index in [2.05, 4.69) is 27.6 Å². The van der Waals surface area contributed by atoms with E-state index in [9.17, 15) is 4.79 Å². The number of carbonyl (C=O) groups excluding carboxylic acids is 1. The Morgan fingerprint density at radius 1 is 1.08 bits per heavy atom. The molecule has 0 saturated heterocycles. The van der Waals surface area contributed by atoms with Crippen LogP contribution < -0.4 is 5.32 Å². The molecule has 2 aromatic carbocycles. The smallest absolute Gasteiger partial charge is 0.251 e. The Morgan fingerprint density at radius 3 is 2.71 bits per heavy atom. The Labute approximate surface area is 140 Å². The summed E-state index contributed by atoms with van der Waals surface area (Å²) in [4.78, 5) is 16.4. The van der Waals surface area contributed by atoms with Gasteiger partial charge in [-0.15, -0.1) is 0 Å². The van der Waals surface area contributed by atoms with Crippen molar-refractivity contribution in [1.29, 1.82) is 0 Å². The zero-order valence-corrected chi connectivity index (χ0v) is 13.5. The largest absolute Gasteiger partial charge is 0.345 e. The molecule has 0 unspecified atom stereocenters. The van der Waals surface area contributed by atoms with Crippen molar-refractivity contribution in [2.24, 2.45) is 0 Å². The highest BCUT2D eigenvalue weighted by Gasteiger charge is 2.09. The van der Waals surface area contributed by atoms with Crippen molar-refractivity contribution in [3.05, 3.63) is 83.0 Å². The summed E-state index contributed by atoms with van der Waals surface area (Å²) in [6.45, 7) is 2.20. The van der Waals surface area contributed by atoms with Gasteiger partial charge in [-0.05, 0) is 31.0 Å². The molecule has 0 aliphatic heterocycles. The van der Waals surface area contributed by atoms with E-state index in [0.29, 0.717) is 23.7 Å². The SMILES string of the molecule is Cc1cccc(C(=O)NCc2noc(CCc3ccccc3)n2)c1. The summed E-state index contributed by atoms with van der Waals surface area (Å²) < 4.78 is 5.23. The van der Waals surface area contributed by atoms with E-state index in [0.717, 1.165) is 12.0 Å². The van der Waals surface area contributed by atoms with Gasteiger partial charge in [0.05, 0.1) is 6.54 Å². The molecular formula is C19H19N3O2. The van der Waals surface area contributed by atoms with Gasteiger partial charge in [0.25, 0.3) is 5.91 Å². The minimum Gasteiger partial charge on any atom is -0.345 e. The van der Waals surface area contributed by atoms with E-state index in [-0.39, 0.29) is 12.5 Å². The van der Waals surface area contributed by atoms with Crippen molar-refractivity contribution >= 4 is 5.91 Å². The summed E-state index contributed by atoms with van der Waals surface area (Å²) in [5.74, 6) is 0.923. The molecule has 3 rings (SSSR count). The molecule has 1 heterocycles. The first-order valence-corrected chi connectivity index (χ1v) is 7.91. The topological polar surface area (TPSA) is 68.0 Å². The van der Waals surface area contributed by atoms with E-state index in [1.54, 1.807) is 6.07 Å². The number of aromatic nitrogens is 2. The maximum atomic E-state index is 12.1. The normalized spacial score (nSPS) is 10.5. The molecule has 0 radical (unpaired) electrons. The first-order valence-electron chi connectivity index (χ1n) is 7.91. The molecule has 0 spiro atoms. The maximum Gasteiger partial charge on any atom is 0.251 e. The lowest BCUT2D eigenvalue weighted by atomic mass is 10.1. The molecule has 5 heteroatoms. The van der Waals surface area contributed by atoms with E-state index >= 15 is 0 Å². The number of aryl methyl sites for hydroxylation is 3. The highest BCUT2D eigenvalue weighted by Crippen LogP contribution is 2.07. The van der Waals surface area contributed by atoms with Crippen LogP contribution in [0.5, 0.6) is 0 Å². The summed E-state index contributed by atoms with van der Waals surface area (Å²) in [6, 6.07) is 17.6. The number of hydrogen-bond donors (Lipinski definition) is 1. The van der Waals surface area contributed by atoms with Gasteiger partial charge in [0.15, 0.2) is 5.82 Å². The predicted molar refractivity (Wildman–Crippen MR) is 90.5 cm³/mol. The molecule has 1 N–H and O–H groups in total. The Kier molecular flexibility index (Phi) is 5.01. The Morgan fingerprint density at radius 2 is 1.92 bits per heavy atom. The number of rotatable bonds is 6. The molecule has 5 nitrogen and oxygen atoms in total. The zero-order chi connectivity index (χ0) is 16.8. The minimum atomic E-state index is -0.144. The number of carbonyl (C=O) groups is 1. The minimum absolute atomic E-state index is 0.144. The van der Waals surface area contributed by atoms with Crippen LogP contribution in [0.25, 0.3) is 0 Å². The van der Waals surface area contributed by atoms with Crippen molar-refractivity contribution < 1.29 is 9.32 Å². The Bertz CT molecular complexity index is 812. The van der Waals surface area contributed by atoms with Crippen LogP contribution >= 0.6 is 0 Å². The summed E-state index contributed by atoms with van der Waals surface area (Å²) >= 11 is 0. The molecule has 3 aromatic rings. The molecule has 0 aliphatic rings. The van der Waals surface area contributed by atoms with Gasteiger partial charge in [-0.2, -0.15) is 4.98 Å². The fraction of sp³-hybridized carbons (Fsp3) is 0.211. The molecule has 0 aliphatic carbocycles. The molecule has 0 bridgehead atoms. The molecular weight excluding hydrogens is 302 g/mol. The lowest BCUT2D eigenvalue weighted by molar-refractivity contribution is 0.0949. The second kappa shape index (κ2) is 7.55. The van der Waals surface area contributed by atoms with Crippen molar-refractivity contribution in [3.8, 4) is 0 Å². The second-order valence-corrected chi connectivity index (χ2v) is 5.64. The monoisotopic (exact) mass is 321 g/mol. The van der Waals surface area contributed by atoms with Crippen LogP contribution in [-0.4, -0.2) is 16.0 Å². The van der Waals surface area contributed by atoms with Gasteiger partial charge in [0, 0.05) is 12.0 Å². The standard InChI is InChI=1S/C19H19N3O2/c1-14-6-5-9-16(12-14)19(23)20-13-17-21-18(24-22-17)11-10-15-7-3-2-4-8-15/h2-9,12H,10-11,13H2,1H3,(H,20,23). The molecule has 1 amide bonds. The van der Waals surface area contributed by atoms with Gasteiger partial charge < -0.3 is 9.84 Å². The van der Waals surface area contributed by atoms with E-state index in [1.807, 2.05) is 43.3 Å². The highest BCUT2D eigenvalue weighted by atomic mass is 16.5. The molecule has 24 heavy (non-hydrogen) atoms. The van der Waals surface area contributed by atoms with Crippen molar-refractivity contribution in [2.45, 2.75) is 26.3 Å². The third-order valence-electron chi connectivity index (χ3n) is 3.67. The van der Waals surface area contributed by atoms with Crippen LogP contribution in [0.1, 0.15) is 33.2 Å². The molecule has 0 saturated carbocycles. The number of nitrogens with one attached hydrogen (secondary N) is 1. The van der Waals surface area contributed by atoms with Gasteiger partial charge in [-0.25, -0.2) is 0 Å². The van der Waals surface area contributed by atoms with Gasteiger partial charge in [-0.1, -0.05) is 53.2 Å². The summed E-state index contributed by atoms with van der Waals surface area (Å²) in [6.07, 6.45) is 1.53. The van der Waals surface area contributed by atoms with Gasteiger partial charge >= 0.3 is 0 Å². The summed E-state index contributed by atoms with van der Waals surface area (Å²) in [7, 11) is 0. The predicted octanol–water partition coefficient (Wildman–Crippen LogP) is 3.09.